The summed E-state index contributed by atoms with van der Waals surface area (Å²) in [6.07, 6.45) is 0. The van der Waals surface area contributed by atoms with Crippen LogP contribution >= 0.6 is 0 Å². The molecular formula is C51H30O. The first-order valence-electron chi connectivity index (χ1n) is 18.1. The van der Waals surface area contributed by atoms with Crippen molar-refractivity contribution in [1.82, 2.24) is 0 Å². The SMILES string of the molecule is c1ccc(-c2cc3ccccc3c3c2C2(c4ccccc4-c4ccccc42)c2cc(-c4cccc5oc6cc7ccccc7cc6c45)ccc2-3)cc1. The highest BCUT2D eigenvalue weighted by Crippen LogP contribution is 2.66. The molecule has 0 bridgehead atoms. The molecule has 0 saturated heterocycles. The molecule has 2 aliphatic carbocycles. The summed E-state index contributed by atoms with van der Waals surface area (Å²) in [6.45, 7) is 0. The third-order valence-corrected chi connectivity index (χ3v) is 11.8. The van der Waals surface area contributed by atoms with Crippen LogP contribution in [0.4, 0.5) is 0 Å². The fraction of sp³-hybridized carbons (Fsp3) is 0.0196. The highest BCUT2D eigenvalue weighted by atomic mass is 16.3. The molecule has 1 spiro atoms. The minimum atomic E-state index is -0.508. The quantitative estimate of drug-likeness (QED) is 0.180. The van der Waals surface area contributed by atoms with E-state index in [9.17, 15) is 0 Å². The van der Waals surface area contributed by atoms with E-state index < -0.39 is 5.41 Å². The number of fused-ring (bicyclic) bond motifs is 16. The Morgan fingerprint density at radius 3 is 1.79 bits per heavy atom. The van der Waals surface area contributed by atoms with E-state index in [1.807, 2.05) is 0 Å². The molecule has 0 N–H and O–H groups in total. The summed E-state index contributed by atoms with van der Waals surface area (Å²) < 4.78 is 6.57. The summed E-state index contributed by atoms with van der Waals surface area (Å²) >= 11 is 0. The molecular weight excluding hydrogens is 629 g/mol. The lowest BCUT2D eigenvalue weighted by atomic mass is 9.68. The molecule has 10 aromatic rings. The molecule has 1 heterocycles. The van der Waals surface area contributed by atoms with Gasteiger partial charge in [-0.1, -0.05) is 152 Å². The fourth-order valence-electron chi connectivity index (χ4n) is 9.78. The lowest BCUT2D eigenvalue weighted by Gasteiger charge is -2.32. The summed E-state index contributed by atoms with van der Waals surface area (Å²) in [7, 11) is 0. The molecule has 0 amide bonds. The number of rotatable bonds is 2. The summed E-state index contributed by atoms with van der Waals surface area (Å²) in [6, 6.07) is 67.4. The van der Waals surface area contributed by atoms with E-state index >= 15 is 0 Å². The van der Waals surface area contributed by atoms with Crippen LogP contribution in [0.15, 0.2) is 186 Å². The van der Waals surface area contributed by atoms with Crippen LogP contribution in [-0.4, -0.2) is 0 Å². The van der Waals surface area contributed by atoms with Gasteiger partial charge in [0.2, 0.25) is 0 Å². The van der Waals surface area contributed by atoms with Gasteiger partial charge in [0.15, 0.2) is 0 Å². The summed E-state index contributed by atoms with van der Waals surface area (Å²) in [5.74, 6) is 0. The average Bonchev–Trinajstić information content (AvgIpc) is 3.83. The van der Waals surface area contributed by atoms with Gasteiger partial charge in [0.1, 0.15) is 11.2 Å². The Morgan fingerprint density at radius 1 is 0.346 bits per heavy atom. The molecule has 1 heteroatoms. The summed E-state index contributed by atoms with van der Waals surface area (Å²) in [5.41, 5.74) is 16.9. The van der Waals surface area contributed by atoms with Crippen molar-refractivity contribution in [1.29, 1.82) is 0 Å². The normalized spacial score (nSPS) is 13.5. The third-order valence-electron chi connectivity index (χ3n) is 11.8. The van der Waals surface area contributed by atoms with Crippen molar-refractivity contribution in [2.45, 2.75) is 5.41 Å². The first-order valence-corrected chi connectivity index (χ1v) is 18.1. The lowest BCUT2D eigenvalue weighted by molar-refractivity contribution is 0.669. The second-order valence-corrected chi connectivity index (χ2v) is 14.3. The molecule has 1 aromatic heterocycles. The van der Waals surface area contributed by atoms with Gasteiger partial charge in [-0.3, -0.25) is 0 Å². The largest absolute Gasteiger partial charge is 0.456 e. The minimum absolute atomic E-state index is 0.508. The molecule has 240 valence electrons. The van der Waals surface area contributed by atoms with Crippen LogP contribution in [-0.2, 0) is 5.41 Å². The zero-order valence-electron chi connectivity index (χ0n) is 28.2. The Balaban J connectivity index is 1.24. The number of hydrogen-bond donors (Lipinski definition) is 0. The van der Waals surface area contributed by atoms with E-state index in [0.29, 0.717) is 0 Å². The first-order chi connectivity index (χ1) is 25.8. The zero-order chi connectivity index (χ0) is 34.0. The molecule has 0 radical (unpaired) electrons. The summed E-state index contributed by atoms with van der Waals surface area (Å²) in [4.78, 5) is 0. The highest BCUT2D eigenvalue weighted by Gasteiger charge is 2.53. The van der Waals surface area contributed by atoms with Gasteiger partial charge in [-0.15, -0.1) is 0 Å². The fourth-order valence-corrected chi connectivity index (χ4v) is 9.78. The van der Waals surface area contributed by atoms with E-state index in [0.717, 1.165) is 21.9 Å². The second kappa shape index (κ2) is 10.2. The molecule has 0 aliphatic heterocycles. The standard InChI is InChI=1S/C51H30O/c1-2-13-31(14-3-1)41-28-34-17-6-7-18-37(34)49-40-26-25-35(36-21-12-24-46-48(36)42-27-32-15-4-5-16-33(32)30-47(42)52-46)29-45(40)51(50(41)49)43-22-10-8-19-38(43)39-20-9-11-23-44(39)51/h1-30H. The van der Waals surface area contributed by atoms with Crippen LogP contribution in [0.25, 0.3) is 88.0 Å². The zero-order valence-corrected chi connectivity index (χ0v) is 28.2. The van der Waals surface area contributed by atoms with Gasteiger partial charge in [0.25, 0.3) is 0 Å². The Hall–Kier alpha value is -6.70. The molecule has 1 nitrogen and oxygen atoms in total. The van der Waals surface area contributed by atoms with Gasteiger partial charge in [-0.05, 0) is 119 Å². The van der Waals surface area contributed by atoms with Gasteiger partial charge >= 0.3 is 0 Å². The van der Waals surface area contributed by atoms with Crippen LogP contribution in [0, 0.1) is 0 Å². The maximum absolute atomic E-state index is 6.57. The second-order valence-electron chi connectivity index (χ2n) is 14.3. The van der Waals surface area contributed by atoms with Crippen LogP contribution in [0.1, 0.15) is 22.3 Å². The van der Waals surface area contributed by atoms with Gasteiger partial charge in [-0.25, -0.2) is 0 Å². The Bertz CT molecular complexity index is 3080. The van der Waals surface area contributed by atoms with E-state index in [-0.39, 0.29) is 0 Å². The number of furan rings is 1. The molecule has 0 atom stereocenters. The van der Waals surface area contributed by atoms with Crippen LogP contribution < -0.4 is 0 Å². The van der Waals surface area contributed by atoms with Crippen molar-refractivity contribution in [2.75, 3.05) is 0 Å². The van der Waals surface area contributed by atoms with E-state index in [1.165, 1.54) is 88.3 Å². The Labute approximate surface area is 301 Å². The Morgan fingerprint density at radius 2 is 1.00 bits per heavy atom. The van der Waals surface area contributed by atoms with Crippen LogP contribution in [0.3, 0.4) is 0 Å². The lowest BCUT2D eigenvalue weighted by Crippen LogP contribution is -2.26. The monoisotopic (exact) mass is 658 g/mol. The molecule has 12 rings (SSSR count). The van der Waals surface area contributed by atoms with Gasteiger partial charge < -0.3 is 4.42 Å². The molecule has 0 unspecified atom stereocenters. The van der Waals surface area contributed by atoms with Crippen molar-refractivity contribution >= 4 is 43.5 Å². The highest BCUT2D eigenvalue weighted by molar-refractivity contribution is 6.16. The Kier molecular flexibility index (Phi) is 5.49. The predicted molar refractivity (Wildman–Crippen MR) is 216 cm³/mol. The van der Waals surface area contributed by atoms with Crippen LogP contribution in [0.5, 0.6) is 0 Å². The molecule has 2 aliphatic rings. The minimum Gasteiger partial charge on any atom is -0.456 e. The molecule has 52 heavy (non-hydrogen) atoms. The smallest absolute Gasteiger partial charge is 0.136 e. The van der Waals surface area contributed by atoms with E-state index in [1.54, 1.807) is 0 Å². The number of benzene rings is 9. The molecule has 9 aromatic carbocycles. The van der Waals surface area contributed by atoms with Crippen molar-refractivity contribution in [2.24, 2.45) is 0 Å². The van der Waals surface area contributed by atoms with Crippen molar-refractivity contribution in [3.8, 4) is 44.5 Å². The van der Waals surface area contributed by atoms with E-state index in [2.05, 4.69) is 182 Å². The number of hydrogen-bond acceptors (Lipinski definition) is 1. The molecule has 0 saturated carbocycles. The van der Waals surface area contributed by atoms with Gasteiger partial charge in [-0.2, -0.15) is 0 Å². The van der Waals surface area contributed by atoms with Gasteiger partial charge in [0.05, 0.1) is 5.41 Å². The molecule has 0 fully saturated rings. The van der Waals surface area contributed by atoms with E-state index in [4.69, 9.17) is 4.42 Å². The van der Waals surface area contributed by atoms with Gasteiger partial charge in [0, 0.05) is 10.8 Å². The maximum Gasteiger partial charge on any atom is 0.136 e. The maximum atomic E-state index is 6.57. The predicted octanol–water partition coefficient (Wildman–Crippen LogP) is 13.6. The third kappa shape index (κ3) is 3.52. The summed E-state index contributed by atoms with van der Waals surface area (Å²) in [5, 5.41) is 7.27. The van der Waals surface area contributed by atoms with Crippen molar-refractivity contribution in [3.63, 3.8) is 0 Å². The van der Waals surface area contributed by atoms with Crippen LogP contribution in [0.2, 0.25) is 0 Å². The average molecular weight is 659 g/mol. The van der Waals surface area contributed by atoms with Crippen molar-refractivity contribution in [3.05, 3.63) is 204 Å². The first kappa shape index (κ1) is 28.0. The van der Waals surface area contributed by atoms with Crippen molar-refractivity contribution < 1.29 is 4.42 Å². The topological polar surface area (TPSA) is 13.1 Å².